The quantitative estimate of drug-likeness (QED) is 0.311. The lowest BCUT2D eigenvalue weighted by Gasteiger charge is -2.19. The van der Waals surface area contributed by atoms with Gasteiger partial charge in [0.25, 0.3) is 0 Å². The number of hydrogen-bond donors (Lipinski definition) is 6. The van der Waals surface area contributed by atoms with Crippen molar-refractivity contribution in [3.63, 3.8) is 0 Å². The molecule has 0 radical (unpaired) electrons. The van der Waals surface area contributed by atoms with Crippen molar-refractivity contribution in [2.45, 2.75) is 31.8 Å². The normalized spacial score (nSPS) is 24.0. The number of hydrogen-bond acceptors (Lipinski definition) is 9. The summed E-state index contributed by atoms with van der Waals surface area (Å²) in [6.07, 6.45) is -1.23. The van der Waals surface area contributed by atoms with Crippen LogP contribution in [0.3, 0.4) is 0 Å². The van der Waals surface area contributed by atoms with Crippen LogP contribution in [0.5, 0.6) is 0 Å². The Morgan fingerprint density at radius 2 is 1.71 bits per heavy atom. The van der Waals surface area contributed by atoms with E-state index in [0.29, 0.717) is 6.61 Å². The molecule has 6 N–H and O–H groups in total. The van der Waals surface area contributed by atoms with Crippen LogP contribution in [0, 0.1) is 0 Å². The molecule has 0 aliphatic carbocycles. The highest BCUT2D eigenvalue weighted by atomic mass is 16.8. The molecule has 0 bridgehead atoms. The van der Waals surface area contributed by atoms with Gasteiger partial charge in [-0.1, -0.05) is 0 Å². The highest BCUT2D eigenvalue weighted by Crippen LogP contribution is 2.21. The van der Waals surface area contributed by atoms with Gasteiger partial charge in [-0.2, -0.15) is 0 Å². The summed E-state index contributed by atoms with van der Waals surface area (Å²) < 4.78 is 10.2. The molecule has 0 aromatic carbocycles. The van der Waals surface area contributed by atoms with Crippen LogP contribution in [-0.2, 0) is 14.3 Å². The second-order valence-electron chi connectivity index (χ2n) is 4.40. The van der Waals surface area contributed by atoms with Gasteiger partial charge in [0, 0.05) is 0 Å². The lowest BCUT2D eigenvalue weighted by molar-refractivity contribution is -0.181. The molecule has 1 saturated heterocycles. The molecular formula is C12H26O9. The molecule has 1 aliphatic rings. The Balaban J connectivity index is 0. The largest absolute Gasteiger partial charge is 0.394 e. The van der Waals surface area contributed by atoms with Crippen molar-refractivity contribution in [2.75, 3.05) is 39.6 Å². The Morgan fingerprint density at radius 3 is 1.86 bits per heavy atom. The summed E-state index contributed by atoms with van der Waals surface area (Å²) in [6, 6.07) is 0. The van der Waals surface area contributed by atoms with E-state index in [-0.39, 0.29) is 44.9 Å². The maximum Gasteiger partial charge on any atom is 0.189 e. The molecule has 9 heteroatoms. The van der Waals surface area contributed by atoms with Crippen LogP contribution >= 0.6 is 0 Å². The molecule has 1 rings (SSSR count). The standard InChI is InChI=1S/C6H12O4.C3H8O3.C3H6O2/c1-6(4-8)9-3-5(2-7)10-6;4-1-3(6)2-5;1-3(5)2-4/h5,7-8H,2-4H2,1H3;3-6H,1-2H2;4H,2H2,1H3. The van der Waals surface area contributed by atoms with Gasteiger partial charge in [0.1, 0.15) is 18.8 Å². The molecule has 2 atom stereocenters. The molecule has 0 amide bonds. The fraction of sp³-hybridized carbons (Fsp3) is 0.917. The Bertz CT molecular complexity index is 257. The minimum atomic E-state index is -0.954. The number of rotatable bonds is 5. The van der Waals surface area contributed by atoms with Crippen molar-refractivity contribution in [1.29, 1.82) is 0 Å². The predicted molar refractivity (Wildman–Crippen MR) is 71.3 cm³/mol. The number of aliphatic hydroxyl groups excluding tert-OH is 6. The van der Waals surface area contributed by atoms with Crippen molar-refractivity contribution < 1.29 is 44.9 Å². The highest BCUT2D eigenvalue weighted by molar-refractivity contribution is 5.76. The summed E-state index contributed by atoms with van der Waals surface area (Å²) in [6.45, 7) is 2.03. The summed E-state index contributed by atoms with van der Waals surface area (Å²) in [4.78, 5) is 9.56. The second-order valence-corrected chi connectivity index (χ2v) is 4.40. The predicted octanol–water partition coefficient (Wildman–Crippen LogP) is -3.00. The van der Waals surface area contributed by atoms with Crippen molar-refractivity contribution in [2.24, 2.45) is 0 Å². The monoisotopic (exact) mass is 314 g/mol. The second kappa shape index (κ2) is 13.0. The molecule has 0 saturated carbocycles. The molecule has 0 spiro atoms. The van der Waals surface area contributed by atoms with Crippen LogP contribution in [-0.4, -0.2) is 94.1 Å². The first kappa shape index (κ1) is 22.6. The Morgan fingerprint density at radius 1 is 1.24 bits per heavy atom. The number of ether oxygens (including phenoxy) is 2. The lowest BCUT2D eigenvalue weighted by Crippen LogP contribution is -2.31. The van der Waals surface area contributed by atoms with E-state index in [9.17, 15) is 4.79 Å². The minimum Gasteiger partial charge on any atom is -0.394 e. The summed E-state index contributed by atoms with van der Waals surface area (Å²) >= 11 is 0. The van der Waals surface area contributed by atoms with E-state index in [1.54, 1.807) is 6.92 Å². The molecular weight excluding hydrogens is 288 g/mol. The van der Waals surface area contributed by atoms with Gasteiger partial charge in [-0.3, -0.25) is 4.79 Å². The maximum absolute atomic E-state index is 9.56. The third kappa shape index (κ3) is 12.8. The Kier molecular flexibility index (Phi) is 14.1. The fourth-order valence-corrected chi connectivity index (χ4v) is 0.920. The zero-order valence-electron chi connectivity index (χ0n) is 12.3. The molecule has 1 aliphatic heterocycles. The Hall–Kier alpha value is -0.650. The van der Waals surface area contributed by atoms with Crippen molar-refractivity contribution in [3.8, 4) is 0 Å². The van der Waals surface area contributed by atoms with Crippen molar-refractivity contribution >= 4 is 5.78 Å². The first-order valence-corrected chi connectivity index (χ1v) is 6.32. The average molecular weight is 314 g/mol. The molecule has 9 nitrogen and oxygen atoms in total. The molecule has 1 heterocycles. The third-order valence-electron chi connectivity index (χ3n) is 2.13. The fourth-order valence-electron chi connectivity index (χ4n) is 0.920. The zero-order valence-corrected chi connectivity index (χ0v) is 12.3. The number of Topliss-reactive ketones (excluding diaryl/α,β-unsaturated/α-hetero) is 1. The highest BCUT2D eigenvalue weighted by Gasteiger charge is 2.35. The zero-order chi connectivity index (χ0) is 16.9. The average Bonchev–Trinajstić information content (AvgIpc) is 2.90. The van der Waals surface area contributed by atoms with Gasteiger partial charge < -0.3 is 40.1 Å². The smallest absolute Gasteiger partial charge is 0.189 e. The summed E-state index contributed by atoms with van der Waals surface area (Å²) in [5.41, 5.74) is 0. The summed E-state index contributed by atoms with van der Waals surface area (Å²) in [7, 11) is 0. The van der Waals surface area contributed by atoms with Crippen LogP contribution in [0.1, 0.15) is 13.8 Å². The topological polar surface area (TPSA) is 157 Å². The van der Waals surface area contributed by atoms with E-state index < -0.39 is 11.9 Å². The van der Waals surface area contributed by atoms with Crippen molar-refractivity contribution in [1.82, 2.24) is 0 Å². The lowest BCUT2D eigenvalue weighted by atomic mass is 10.3. The van der Waals surface area contributed by atoms with Crippen LogP contribution < -0.4 is 0 Å². The van der Waals surface area contributed by atoms with Gasteiger partial charge >= 0.3 is 0 Å². The van der Waals surface area contributed by atoms with Gasteiger partial charge in [-0.25, -0.2) is 0 Å². The third-order valence-corrected chi connectivity index (χ3v) is 2.13. The van der Waals surface area contributed by atoms with Crippen LogP contribution in [0.4, 0.5) is 0 Å². The molecule has 2 unspecified atom stereocenters. The van der Waals surface area contributed by atoms with Gasteiger partial charge in [0.15, 0.2) is 11.6 Å². The van der Waals surface area contributed by atoms with E-state index in [4.69, 9.17) is 40.1 Å². The molecule has 1 fully saturated rings. The molecule has 0 aromatic heterocycles. The van der Waals surface area contributed by atoms with E-state index in [1.165, 1.54) is 6.92 Å². The molecule has 21 heavy (non-hydrogen) atoms. The summed E-state index contributed by atoms with van der Waals surface area (Å²) in [5.74, 6) is -1.09. The van der Waals surface area contributed by atoms with Crippen LogP contribution in [0.2, 0.25) is 0 Å². The van der Waals surface area contributed by atoms with Crippen molar-refractivity contribution in [3.05, 3.63) is 0 Å². The first-order valence-electron chi connectivity index (χ1n) is 6.32. The minimum absolute atomic E-state index is 0.0599. The molecule has 128 valence electrons. The number of aliphatic hydroxyl groups is 6. The first-order chi connectivity index (χ1) is 9.78. The number of carbonyl (C=O) groups is 1. The number of carbonyl (C=O) groups excluding carboxylic acids is 1. The summed E-state index contributed by atoms with van der Waals surface area (Å²) in [5, 5.41) is 49.1. The van der Waals surface area contributed by atoms with E-state index in [1.807, 2.05) is 0 Å². The van der Waals surface area contributed by atoms with Crippen LogP contribution in [0.25, 0.3) is 0 Å². The van der Waals surface area contributed by atoms with Gasteiger partial charge in [0.2, 0.25) is 0 Å². The number of ketones is 1. The van der Waals surface area contributed by atoms with E-state index in [0.717, 1.165) is 0 Å². The van der Waals surface area contributed by atoms with Gasteiger partial charge in [-0.05, 0) is 13.8 Å². The van der Waals surface area contributed by atoms with Crippen LogP contribution in [0.15, 0.2) is 0 Å². The van der Waals surface area contributed by atoms with Gasteiger partial charge in [0.05, 0.1) is 33.0 Å². The van der Waals surface area contributed by atoms with E-state index in [2.05, 4.69) is 0 Å². The maximum atomic E-state index is 9.56. The Labute approximate surface area is 123 Å². The van der Waals surface area contributed by atoms with E-state index >= 15 is 0 Å². The SMILES string of the molecule is CC(=O)CO.CC1(CO)OCC(CO)O1.OCC(O)CO. The van der Waals surface area contributed by atoms with Gasteiger partial charge in [-0.15, -0.1) is 0 Å². The molecule has 0 aromatic rings.